The maximum atomic E-state index is 6.03. The molecule has 1 fully saturated rings. The molecule has 1 aliphatic rings. The molecule has 1 aliphatic carbocycles. The van der Waals surface area contributed by atoms with Gasteiger partial charge in [-0.25, -0.2) is 0 Å². The van der Waals surface area contributed by atoms with E-state index >= 15 is 0 Å². The average molecular weight is 413 g/mol. The van der Waals surface area contributed by atoms with E-state index in [0.717, 1.165) is 36.4 Å². The molecule has 0 heterocycles. The second kappa shape index (κ2) is 10.5. The number of thiocarbonyl (C=S) groups is 1. The molecule has 1 saturated carbocycles. The summed E-state index contributed by atoms with van der Waals surface area (Å²) in [6.07, 6.45) is 6.24. The number of hydrogen-bond acceptors (Lipinski definition) is 3. The van der Waals surface area contributed by atoms with Crippen LogP contribution >= 0.6 is 12.2 Å². The van der Waals surface area contributed by atoms with Crippen LogP contribution in [0.1, 0.15) is 57.6 Å². The zero-order valence-corrected chi connectivity index (χ0v) is 18.4. The minimum Gasteiger partial charge on any atom is -0.497 e. The highest BCUT2D eigenvalue weighted by Gasteiger charge is 2.17. The van der Waals surface area contributed by atoms with Crippen molar-refractivity contribution in [3.05, 3.63) is 54.1 Å². The Morgan fingerprint density at radius 2 is 1.62 bits per heavy atom. The van der Waals surface area contributed by atoms with Crippen LogP contribution in [0.4, 0.5) is 5.69 Å². The summed E-state index contributed by atoms with van der Waals surface area (Å²) in [6, 6.07) is 16.4. The van der Waals surface area contributed by atoms with Crippen LogP contribution in [0.2, 0.25) is 0 Å². The van der Waals surface area contributed by atoms with Crippen LogP contribution in [-0.4, -0.2) is 18.3 Å². The third-order valence-corrected chi connectivity index (χ3v) is 5.47. The zero-order valence-electron chi connectivity index (χ0n) is 17.6. The zero-order chi connectivity index (χ0) is 20.6. The number of nitrogens with one attached hydrogen (secondary N) is 2. The van der Waals surface area contributed by atoms with Gasteiger partial charge in [-0.05, 0) is 92.2 Å². The van der Waals surface area contributed by atoms with Gasteiger partial charge in [0.25, 0.3) is 0 Å². The molecule has 0 amide bonds. The molecule has 0 saturated heterocycles. The van der Waals surface area contributed by atoms with E-state index in [1.165, 1.54) is 18.4 Å². The lowest BCUT2D eigenvalue weighted by Crippen LogP contribution is -2.33. The van der Waals surface area contributed by atoms with Gasteiger partial charge < -0.3 is 20.1 Å². The molecule has 0 aromatic heterocycles. The molecule has 2 aromatic carbocycles. The lowest BCUT2D eigenvalue weighted by molar-refractivity contribution is 0.210. The van der Waals surface area contributed by atoms with Gasteiger partial charge >= 0.3 is 0 Å². The first-order valence-electron chi connectivity index (χ1n) is 10.5. The number of hydrogen-bond donors (Lipinski definition) is 2. The van der Waals surface area contributed by atoms with Crippen LogP contribution in [0.5, 0.6) is 11.5 Å². The average Bonchev–Trinajstić information content (AvgIpc) is 3.22. The normalized spacial score (nSPS) is 15.2. The van der Waals surface area contributed by atoms with Crippen molar-refractivity contribution in [1.29, 1.82) is 0 Å². The lowest BCUT2D eigenvalue weighted by Gasteiger charge is -2.23. The number of methoxy groups -OCH3 is 1. The fourth-order valence-corrected chi connectivity index (χ4v) is 3.99. The van der Waals surface area contributed by atoms with Gasteiger partial charge in [0.15, 0.2) is 5.11 Å². The molecule has 1 atom stereocenters. The highest BCUT2D eigenvalue weighted by atomic mass is 32.1. The molecule has 2 N–H and O–H groups in total. The van der Waals surface area contributed by atoms with E-state index in [2.05, 4.69) is 36.6 Å². The Bertz CT molecular complexity index is 768. The molecule has 156 valence electrons. The van der Waals surface area contributed by atoms with Gasteiger partial charge in [0.05, 0.1) is 19.3 Å². The molecule has 0 spiro atoms. The number of benzene rings is 2. The smallest absolute Gasteiger partial charge is 0.171 e. The summed E-state index contributed by atoms with van der Waals surface area (Å²) in [5.41, 5.74) is 2.16. The van der Waals surface area contributed by atoms with Crippen molar-refractivity contribution < 1.29 is 9.47 Å². The SMILES string of the molecule is COc1ccc([C@@H](CC(C)C)NC(=S)Nc2ccc(OC3CCCC3)cc2)cc1. The molecule has 4 nitrogen and oxygen atoms in total. The Labute approximate surface area is 180 Å². The lowest BCUT2D eigenvalue weighted by atomic mass is 9.97. The molecule has 3 rings (SSSR count). The van der Waals surface area contributed by atoms with Crippen LogP contribution in [0.3, 0.4) is 0 Å². The standard InChI is InChI=1S/C24H32N2O2S/c1-17(2)16-23(18-8-12-20(27-3)13-9-18)26-24(29)25-19-10-14-22(15-11-19)28-21-6-4-5-7-21/h8-15,17,21,23H,4-7,16H2,1-3H3,(H2,25,26,29)/t23-/m1/s1. The van der Waals surface area contributed by atoms with Gasteiger partial charge in [0.2, 0.25) is 0 Å². The van der Waals surface area contributed by atoms with E-state index in [4.69, 9.17) is 21.7 Å². The summed E-state index contributed by atoms with van der Waals surface area (Å²) in [7, 11) is 1.68. The monoisotopic (exact) mass is 412 g/mol. The fraction of sp³-hybridized carbons (Fsp3) is 0.458. The second-order valence-electron chi connectivity index (χ2n) is 8.10. The van der Waals surface area contributed by atoms with Crippen molar-refractivity contribution in [2.75, 3.05) is 12.4 Å². The van der Waals surface area contributed by atoms with Crippen molar-refractivity contribution in [3.63, 3.8) is 0 Å². The predicted molar refractivity (Wildman–Crippen MR) is 124 cm³/mol. The molecule has 2 aromatic rings. The second-order valence-corrected chi connectivity index (χ2v) is 8.51. The molecule has 0 bridgehead atoms. The van der Waals surface area contributed by atoms with Crippen molar-refractivity contribution in [2.45, 2.75) is 58.1 Å². The maximum Gasteiger partial charge on any atom is 0.171 e. The minimum absolute atomic E-state index is 0.144. The Morgan fingerprint density at radius 3 is 2.21 bits per heavy atom. The van der Waals surface area contributed by atoms with Gasteiger partial charge in [0, 0.05) is 5.69 Å². The summed E-state index contributed by atoms with van der Waals surface area (Å²) in [5.74, 6) is 2.33. The van der Waals surface area contributed by atoms with E-state index < -0.39 is 0 Å². The quantitative estimate of drug-likeness (QED) is 0.514. The molecule has 0 aliphatic heterocycles. The molecule has 5 heteroatoms. The van der Waals surface area contributed by atoms with Crippen molar-refractivity contribution in [2.24, 2.45) is 5.92 Å². The fourth-order valence-electron chi connectivity index (χ4n) is 3.73. The predicted octanol–water partition coefficient (Wildman–Crippen LogP) is 6.09. The Hall–Kier alpha value is -2.27. The summed E-state index contributed by atoms with van der Waals surface area (Å²) in [4.78, 5) is 0. The van der Waals surface area contributed by atoms with E-state index in [9.17, 15) is 0 Å². The Morgan fingerprint density at radius 1 is 1.00 bits per heavy atom. The molecule has 29 heavy (non-hydrogen) atoms. The first-order valence-corrected chi connectivity index (χ1v) is 10.9. The summed E-state index contributed by atoms with van der Waals surface area (Å²) < 4.78 is 11.3. The first-order chi connectivity index (χ1) is 14.0. The first kappa shape index (κ1) is 21.4. The van der Waals surface area contributed by atoms with E-state index in [1.54, 1.807) is 7.11 Å². The topological polar surface area (TPSA) is 42.5 Å². The van der Waals surface area contributed by atoms with E-state index in [-0.39, 0.29) is 6.04 Å². The minimum atomic E-state index is 0.144. The van der Waals surface area contributed by atoms with Gasteiger partial charge in [0.1, 0.15) is 11.5 Å². The van der Waals surface area contributed by atoms with E-state index in [1.807, 2.05) is 36.4 Å². The van der Waals surface area contributed by atoms with Crippen LogP contribution in [0, 0.1) is 5.92 Å². The van der Waals surface area contributed by atoms with Crippen molar-refractivity contribution in [3.8, 4) is 11.5 Å². The summed E-state index contributed by atoms with van der Waals surface area (Å²) in [6.45, 7) is 4.44. The Balaban J connectivity index is 1.58. The van der Waals surface area contributed by atoms with Crippen molar-refractivity contribution >= 4 is 23.0 Å². The number of rotatable bonds is 8. The third-order valence-electron chi connectivity index (χ3n) is 5.25. The van der Waals surface area contributed by atoms with Crippen LogP contribution in [-0.2, 0) is 0 Å². The van der Waals surface area contributed by atoms with Crippen LogP contribution in [0.25, 0.3) is 0 Å². The molecular formula is C24H32N2O2S. The van der Waals surface area contributed by atoms with Gasteiger partial charge in [-0.2, -0.15) is 0 Å². The van der Waals surface area contributed by atoms with Crippen molar-refractivity contribution in [1.82, 2.24) is 5.32 Å². The highest BCUT2D eigenvalue weighted by molar-refractivity contribution is 7.80. The largest absolute Gasteiger partial charge is 0.497 e. The molecular weight excluding hydrogens is 380 g/mol. The van der Waals surface area contributed by atoms with Gasteiger partial charge in [-0.15, -0.1) is 0 Å². The van der Waals surface area contributed by atoms with Gasteiger partial charge in [-0.3, -0.25) is 0 Å². The van der Waals surface area contributed by atoms with E-state index in [0.29, 0.717) is 17.1 Å². The molecule has 0 unspecified atom stereocenters. The Kier molecular flexibility index (Phi) is 7.76. The number of anilines is 1. The van der Waals surface area contributed by atoms with Gasteiger partial charge in [-0.1, -0.05) is 26.0 Å². The maximum absolute atomic E-state index is 6.03. The summed E-state index contributed by atoms with van der Waals surface area (Å²) >= 11 is 5.58. The molecule has 0 radical (unpaired) electrons. The number of ether oxygens (including phenoxy) is 2. The van der Waals surface area contributed by atoms with Crippen LogP contribution < -0.4 is 20.1 Å². The highest BCUT2D eigenvalue weighted by Crippen LogP contribution is 2.26. The van der Waals surface area contributed by atoms with Crippen LogP contribution in [0.15, 0.2) is 48.5 Å². The summed E-state index contributed by atoms with van der Waals surface area (Å²) in [5, 5.41) is 7.39. The third kappa shape index (κ3) is 6.64.